The number of hydrogen-bond donors (Lipinski definition) is 2. The largest absolute Gasteiger partial charge is 0.493 e. The molecule has 160 valence electrons. The molecule has 0 saturated carbocycles. The fourth-order valence-electron chi connectivity index (χ4n) is 3.72. The minimum absolute atomic E-state index is 0.00679. The smallest absolute Gasteiger partial charge is 0.267 e. The number of nitrogens with two attached hydrogens (primary N) is 1. The quantitative estimate of drug-likeness (QED) is 0.776. The van der Waals surface area contributed by atoms with E-state index in [9.17, 15) is 18.4 Å². The highest BCUT2D eigenvalue weighted by Gasteiger charge is 2.51. The van der Waals surface area contributed by atoms with E-state index < -0.39 is 41.1 Å². The number of amides is 2. The molecule has 0 aliphatic carbocycles. The average Bonchev–Trinajstić information content (AvgIpc) is 2.93. The van der Waals surface area contributed by atoms with Gasteiger partial charge in [0.25, 0.3) is 11.8 Å². The number of carbonyl (C=O) groups is 2. The van der Waals surface area contributed by atoms with Gasteiger partial charge in [0.05, 0.1) is 12.7 Å². The van der Waals surface area contributed by atoms with Gasteiger partial charge in [0, 0.05) is 23.4 Å². The summed E-state index contributed by atoms with van der Waals surface area (Å²) in [6.07, 6.45) is 0.326. The first-order chi connectivity index (χ1) is 14.1. The van der Waals surface area contributed by atoms with E-state index in [4.69, 9.17) is 15.2 Å². The van der Waals surface area contributed by atoms with Crippen LogP contribution in [-0.2, 0) is 9.53 Å². The molecule has 1 aromatic heterocycles. The Morgan fingerprint density at radius 3 is 2.60 bits per heavy atom. The Kier molecular flexibility index (Phi) is 5.76. The van der Waals surface area contributed by atoms with Crippen molar-refractivity contribution in [2.45, 2.75) is 38.4 Å². The van der Waals surface area contributed by atoms with Crippen LogP contribution >= 0.6 is 0 Å². The third-order valence-electron chi connectivity index (χ3n) is 5.57. The summed E-state index contributed by atoms with van der Waals surface area (Å²) >= 11 is 0. The first-order valence-electron chi connectivity index (χ1n) is 9.33. The van der Waals surface area contributed by atoms with Gasteiger partial charge in [0.1, 0.15) is 11.8 Å². The third-order valence-corrected chi connectivity index (χ3v) is 5.57. The Morgan fingerprint density at radius 1 is 1.27 bits per heavy atom. The molecule has 2 amide bonds. The van der Waals surface area contributed by atoms with Gasteiger partial charge in [0.2, 0.25) is 5.82 Å². The zero-order chi connectivity index (χ0) is 22.2. The number of hydrogen-bond acceptors (Lipinski definition) is 5. The lowest BCUT2D eigenvalue weighted by Gasteiger charge is -2.25. The Hall–Kier alpha value is -3.07. The second kappa shape index (κ2) is 7.98. The first-order valence-corrected chi connectivity index (χ1v) is 9.33. The Balaban J connectivity index is 1.98. The lowest BCUT2D eigenvalue weighted by Crippen LogP contribution is -2.33. The van der Waals surface area contributed by atoms with E-state index in [0.29, 0.717) is 11.3 Å². The summed E-state index contributed by atoms with van der Waals surface area (Å²) < 4.78 is 39.2. The standard InChI is InChI=1S/C21H23F2N3O4/c1-10-15(12-5-6-13(22)16(23)17(12)29-4)18(30-21(10,2)3)20(28)26-11-7-8-25-14(9-11)19(24)27/h5-10,15,18H,1-4H3,(H2,24,27)(H,25,26,28)/t10-,15-,18+/m0/s1. The number of anilines is 1. The molecule has 3 atom stereocenters. The van der Waals surface area contributed by atoms with Gasteiger partial charge in [-0.05, 0) is 38.0 Å². The van der Waals surface area contributed by atoms with Crippen LogP contribution in [-0.4, -0.2) is 35.6 Å². The van der Waals surface area contributed by atoms with Crippen molar-refractivity contribution in [1.29, 1.82) is 0 Å². The molecule has 3 rings (SSSR count). The highest BCUT2D eigenvalue weighted by Crippen LogP contribution is 2.49. The minimum Gasteiger partial charge on any atom is -0.493 e. The zero-order valence-electron chi connectivity index (χ0n) is 17.0. The second-order valence-electron chi connectivity index (χ2n) is 7.72. The topological polar surface area (TPSA) is 104 Å². The predicted octanol–water partition coefficient (Wildman–Crippen LogP) is 3.00. The molecule has 1 aliphatic rings. The van der Waals surface area contributed by atoms with E-state index in [1.165, 1.54) is 31.5 Å². The number of primary amides is 1. The van der Waals surface area contributed by atoms with Crippen molar-refractivity contribution in [2.75, 3.05) is 12.4 Å². The van der Waals surface area contributed by atoms with E-state index in [-0.39, 0.29) is 17.4 Å². The van der Waals surface area contributed by atoms with Gasteiger partial charge in [-0.25, -0.2) is 4.39 Å². The Morgan fingerprint density at radius 2 is 1.97 bits per heavy atom. The van der Waals surface area contributed by atoms with Crippen molar-refractivity contribution in [3.05, 3.63) is 53.4 Å². The maximum atomic E-state index is 14.3. The minimum atomic E-state index is -1.12. The summed E-state index contributed by atoms with van der Waals surface area (Å²) in [5, 5.41) is 2.68. The summed E-state index contributed by atoms with van der Waals surface area (Å²) in [4.78, 5) is 28.2. The predicted molar refractivity (Wildman–Crippen MR) is 105 cm³/mol. The van der Waals surface area contributed by atoms with Crippen LogP contribution in [0.4, 0.5) is 14.5 Å². The number of carbonyl (C=O) groups excluding carboxylic acids is 2. The summed E-state index contributed by atoms with van der Waals surface area (Å²) in [6, 6.07) is 5.25. The van der Waals surface area contributed by atoms with Crippen LogP contribution in [0, 0.1) is 17.6 Å². The van der Waals surface area contributed by atoms with Gasteiger partial charge in [-0.2, -0.15) is 4.39 Å². The van der Waals surface area contributed by atoms with Crippen LogP contribution in [0.5, 0.6) is 5.75 Å². The second-order valence-corrected chi connectivity index (χ2v) is 7.72. The van der Waals surface area contributed by atoms with E-state index in [2.05, 4.69) is 10.3 Å². The van der Waals surface area contributed by atoms with Crippen LogP contribution in [0.1, 0.15) is 42.7 Å². The highest BCUT2D eigenvalue weighted by molar-refractivity contribution is 5.97. The molecule has 0 radical (unpaired) electrons. The molecule has 7 nitrogen and oxygen atoms in total. The van der Waals surface area contributed by atoms with Gasteiger partial charge in [-0.1, -0.05) is 13.0 Å². The summed E-state index contributed by atoms with van der Waals surface area (Å²) in [7, 11) is 1.24. The van der Waals surface area contributed by atoms with Crippen molar-refractivity contribution < 1.29 is 27.8 Å². The molecule has 0 unspecified atom stereocenters. The van der Waals surface area contributed by atoms with Crippen LogP contribution in [0.2, 0.25) is 0 Å². The number of pyridine rings is 1. The molecular weight excluding hydrogens is 396 g/mol. The lowest BCUT2D eigenvalue weighted by atomic mass is 9.78. The molecule has 0 spiro atoms. The van der Waals surface area contributed by atoms with E-state index >= 15 is 0 Å². The van der Waals surface area contributed by atoms with Gasteiger partial charge >= 0.3 is 0 Å². The first kappa shape index (κ1) is 21.6. The van der Waals surface area contributed by atoms with Gasteiger partial charge < -0.3 is 20.5 Å². The number of methoxy groups -OCH3 is 1. The third kappa shape index (κ3) is 3.85. The number of nitrogens with one attached hydrogen (secondary N) is 1. The van der Waals surface area contributed by atoms with Crippen molar-refractivity contribution in [3.8, 4) is 5.75 Å². The number of aromatic nitrogens is 1. The summed E-state index contributed by atoms with van der Waals surface area (Å²) in [5.41, 5.74) is 5.14. The fraction of sp³-hybridized carbons (Fsp3) is 0.381. The van der Waals surface area contributed by atoms with Crippen LogP contribution < -0.4 is 15.8 Å². The van der Waals surface area contributed by atoms with Crippen molar-refractivity contribution in [1.82, 2.24) is 4.98 Å². The molecule has 1 saturated heterocycles. The number of nitrogens with zero attached hydrogens (tertiary/aromatic N) is 1. The lowest BCUT2D eigenvalue weighted by molar-refractivity contribution is -0.131. The van der Waals surface area contributed by atoms with Crippen LogP contribution in [0.25, 0.3) is 0 Å². The monoisotopic (exact) mass is 419 g/mol. The molecular formula is C21H23F2N3O4. The summed E-state index contributed by atoms with van der Waals surface area (Å²) in [5.74, 6) is -4.50. The number of ether oxygens (including phenoxy) is 2. The normalized spacial score (nSPS) is 22.5. The molecule has 9 heteroatoms. The van der Waals surface area contributed by atoms with E-state index in [1.807, 2.05) is 20.8 Å². The number of halogens is 2. The molecule has 1 fully saturated rings. The molecule has 30 heavy (non-hydrogen) atoms. The zero-order valence-corrected chi connectivity index (χ0v) is 17.0. The Bertz CT molecular complexity index is 996. The maximum absolute atomic E-state index is 14.3. The van der Waals surface area contributed by atoms with Gasteiger partial charge in [-0.3, -0.25) is 14.6 Å². The van der Waals surface area contributed by atoms with Crippen molar-refractivity contribution >= 4 is 17.5 Å². The molecule has 1 aliphatic heterocycles. The van der Waals surface area contributed by atoms with Crippen LogP contribution in [0.3, 0.4) is 0 Å². The van der Waals surface area contributed by atoms with Gasteiger partial charge in [-0.15, -0.1) is 0 Å². The van der Waals surface area contributed by atoms with Crippen molar-refractivity contribution in [3.63, 3.8) is 0 Å². The molecule has 0 bridgehead atoms. The number of rotatable bonds is 5. The Labute approximate surface area is 172 Å². The average molecular weight is 419 g/mol. The maximum Gasteiger partial charge on any atom is 0.267 e. The summed E-state index contributed by atoms with van der Waals surface area (Å²) in [6.45, 7) is 5.51. The fourth-order valence-corrected chi connectivity index (χ4v) is 3.72. The molecule has 2 heterocycles. The van der Waals surface area contributed by atoms with E-state index in [0.717, 1.165) is 6.07 Å². The van der Waals surface area contributed by atoms with Gasteiger partial charge in [0.15, 0.2) is 11.6 Å². The van der Waals surface area contributed by atoms with E-state index in [1.54, 1.807) is 0 Å². The number of benzene rings is 1. The van der Waals surface area contributed by atoms with Crippen molar-refractivity contribution in [2.24, 2.45) is 11.7 Å². The van der Waals surface area contributed by atoms with Crippen LogP contribution in [0.15, 0.2) is 30.5 Å². The highest BCUT2D eigenvalue weighted by atomic mass is 19.2. The molecule has 3 N–H and O–H groups in total. The molecule has 2 aromatic rings. The SMILES string of the molecule is COc1c([C@H]2[C@H](C(=O)Nc3ccnc(C(N)=O)c3)OC(C)(C)[C@H]2C)ccc(F)c1F. The molecule has 1 aromatic carbocycles.